The second-order valence-corrected chi connectivity index (χ2v) is 9.96. The lowest BCUT2D eigenvalue weighted by Gasteiger charge is -2.31. The highest BCUT2D eigenvalue weighted by atomic mass is 32.2. The molecule has 8 nitrogen and oxygen atoms in total. The summed E-state index contributed by atoms with van der Waals surface area (Å²) in [5.74, 6) is -0.847. The molecule has 9 heteroatoms. The van der Waals surface area contributed by atoms with Gasteiger partial charge in [0.2, 0.25) is 15.9 Å². The van der Waals surface area contributed by atoms with Gasteiger partial charge in [-0.1, -0.05) is 49.6 Å². The Kier molecular flexibility index (Phi) is 6.48. The van der Waals surface area contributed by atoms with Crippen LogP contribution in [0.4, 0.5) is 0 Å². The van der Waals surface area contributed by atoms with Crippen LogP contribution in [0.25, 0.3) is 11.1 Å². The average Bonchev–Trinajstić information content (AvgIpc) is 3.12. The monoisotopic (exact) mass is 457 g/mol. The van der Waals surface area contributed by atoms with Crippen LogP contribution in [0.3, 0.4) is 0 Å². The molecule has 0 bridgehead atoms. The highest BCUT2D eigenvalue weighted by Gasteiger charge is 2.24. The van der Waals surface area contributed by atoms with E-state index in [0.29, 0.717) is 5.52 Å². The Hall–Kier alpha value is -2.91. The van der Waals surface area contributed by atoms with Gasteiger partial charge in [0.15, 0.2) is 5.58 Å². The van der Waals surface area contributed by atoms with Gasteiger partial charge in [-0.25, -0.2) is 17.9 Å². The van der Waals surface area contributed by atoms with Crippen molar-refractivity contribution >= 4 is 27.0 Å². The minimum atomic E-state index is -3.80. The molecule has 0 atom stereocenters. The summed E-state index contributed by atoms with van der Waals surface area (Å²) >= 11 is 0. The number of nitrogens with zero attached hydrogens (tertiary/aromatic N) is 2. The van der Waals surface area contributed by atoms with E-state index in [1.54, 1.807) is 11.9 Å². The SMILES string of the molecule is CN(C(=O)Cn1c(=O)oc2cc(S(=O)(=O)NCc3ccccc3)ccc21)C1CCCCC1. The number of oxazole rings is 1. The van der Waals surface area contributed by atoms with Crippen LogP contribution in [0, 0.1) is 0 Å². The van der Waals surface area contributed by atoms with E-state index in [9.17, 15) is 18.0 Å². The topological polar surface area (TPSA) is 102 Å². The predicted octanol–water partition coefficient (Wildman–Crippen LogP) is 2.86. The molecule has 1 heterocycles. The number of hydrogen-bond acceptors (Lipinski definition) is 5. The molecule has 1 fully saturated rings. The van der Waals surface area contributed by atoms with Crippen molar-refractivity contribution in [1.82, 2.24) is 14.2 Å². The van der Waals surface area contributed by atoms with Crippen LogP contribution in [0.15, 0.2) is 62.6 Å². The lowest BCUT2D eigenvalue weighted by molar-refractivity contribution is -0.133. The summed E-state index contributed by atoms with van der Waals surface area (Å²) in [4.78, 5) is 26.9. The van der Waals surface area contributed by atoms with Gasteiger partial charge >= 0.3 is 5.76 Å². The molecule has 1 aliphatic rings. The van der Waals surface area contributed by atoms with Crippen LogP contribution in [-0.4, -0.2) is 36.9 Å². The van der Waals surface area contributed by atoms with E-state index >= 15 is 0 Å². The second-order valence-electron chi connectivity index (χ2n) is 8.19. The van der Waals surface area contributed by atoms with Crippen LogP contribution in [-0.2, 0) is 27.9 Å². The molecule has 0 radical (unpaired) electrons. The summed E-state index contributed by atoms with van der Waals surface area (Å²) in [6, 6.07) is 13.6. The molecular weight excluding hydrogens is 430 g/mol. The second kappa shape index (κ2) is 9.30. The number of likely N-dealkylation sites (N-methyl/N-ethyl adjacent to an activating group) is 1. The predicted molar refractivity (Wildman–Crippen MR) is 121 cm³/mol. The molecular formula is C23H27N3O5S. The van der Waals surface area contributed by atoms with Gasteiger partial charge in [-0.05, 0) is 30.5 Å². The number of rotatable bonds is 7. The van der Waals surface area contributed by atoms with Crippen molar-refractivity contribution in [3.8, 4) is 0 Å². The molecule has 1 amide bonds. The largest absolute Gasteiger partial charge is 0.420 e. The maximum absolute atomic E-state index is 12.8. The number of carbonyl (C=O) groups excluding carboxylic acids is 1. The van der Waals surface area contributed by atoms with Crippen LogP contribution in [0.2, 0.25) is 0 Å². The van der Waals surface area contributed by atoms with E-state index < -0.39 is 15.8 Å². The number of sulfonamides is 1. The van der Waals surface area contributed by atoms with Crippen LogP contribution in [0.1, 0.15) is 37.7 Å². The zero-order valence-electron chi connectivity index (χ0n) is 18.0. The first-order valence-corrected chi connectivity index (χ1v) is 12.3. The van der Waals surface area contributed by atoms with Crippen molar-refractivity contribution in [3.05, 3.63) is 64.6 Å². The Bertz CT molecular complexity index is 1260. The quantitative estimate of drug-likeness (QED) is 0.588. The number of aromatic nitrogens is 1. The van der Waals surface area contributed by atoms with Crippen LogP contribution < -0.4 is 10.5 Å². The molecule has 1 N–H and O–H groups in total. The van der Waals surface area contributed by atoms with E-state index in [4.69, 9.17) is 4.42 Å². The third-order valence-corrected chi connectivity index (χ3v) is 7.47. The number of fused-ring (bicyclic) bond motifs is 1. The highest BCUT2D eigenvalue weighted by molar-refractivity contribution is 7.89. The summed E-state index contributed by atoms with van der Waals surface area (Å²) in [6.07, 6.45) is 5.34. The molecule has 1 aliphatic carbocycles. The van der Waals surface area contributed by atoms with Crippen molar-refractivity contribution < 1.29 is 17.6 Å². The number of hydrogen-bond donors (Lipinski definition) is 1. The normalized spacial score (nSPS) is 15.2. The highest BCUT2D eigenvalue weighted by Crippen LogP contribution is 2.23. The molecule has 170 valence electrons. The van der Waals surface area contributed by atoms with E-state index in [2.05, 4.69) is 4.72 Å². The van der Waals surface area contributed by atoms with Gasteiger partial charge in [0.05, 0.1) is 10.4 Å². The maximum atomic E-state index is 12.8. The van der Waals surface area contributed by atoms with Gasteiger partial charge in [-0.2, -0.15) is 0 Å². The fourth-order valence-electron chi connectivity index (χ4n) is 4.14. The van der Waals surface area contributed by atoms with Crippen molar-refractivity contribution in [2.24, 2.45) is 0 Å². The molecule has 3 aromatic rings. The third kappa shape index (κ3) is 4.78. The molecule has 1 saturated carbocycles. The van der Waals surface area contributed by atoms with Crippen molar-refractivity contribution in [1.29, 1.82) is 0 Å². The minimum absolute atomic E-state index is 0.00696. The fourth-order valence-corrected chi connectivity index (χ4v) is 5.17. The van der Waals surface area contributed by atoms with E-state index in [0.717, 1.165) is 31.2 Å². The third-order valence-electron chi connectivity index (χ3n) is 6.07. The minimum Gasteiger partial charge on any atom is -0.408 e. The molecule has 4 rings (SSSR count). The lowest BCUT2D eigenvalue weighted by Crippen LogP contribution is -2.41. The van der Waals surface area contributed by atoms with Crippen LogP contribution >= 0.6 is 0 Å². The number of benzene rings is 2. The number of amides is 1. The molecule has 1 aromatic heterocycles. The Labute approximate surface area is 186 Å². The summed E-state index contributed by atoms with van der Waals surface area (Å²) in [5, 5.41) is 0. The summed E-state index contributed by atoms with van der Waals surface area (Å²) in [6.45, 7) is 0.00532. The smallest absolute Gasteiger partial charge is 0.408 e. The van der Waals surface area contributed by atoms with Crippen molar-refractivity contribution in [2.75, 3.05) is 7.05 Å². The summed E-state index contributed by atoms with van der Waals surface area (Å²) in [5.41, 5.74) is 1.35. The van der Waals surface area contributed by atoms with Gasteiger partial charge < -0.3 is 9.32 Å². The Morgan fingerprint density at radius 3 is 2.56 bits per heavy atom. The molecule has 2 aromatic carbocycles. The molecule has 0 spiro atoms. The van der Waals surface area contributed by atoms with E-state index in [-0.39, 0.29) is 35.5 Å². The van der Waals surface area contributed by atoms with Crippen molar-refractivity contribution in [3.63, 3.8) is 0 Å². The first-order chi connectivity index (χ1) is 15.3. The van der Waals surface area contributed by atoms with Gasteiger partial charge in [-0.3, -0.25) is 9.36 Å². The van der Waals surface area contributed by atoms with E-state index in [1.807, 2.05) is 30.3 Å². The molecule has 0 saturated heterocycles. The molecule has 32 heavy (non-hydrogen) atoms. The maximum Gasteiger partial charge on any atom is 0.420 e. The van der Waals surface area contributed by atoms with Gasteiger partial charge in [0.1, 0.15) is 6.54 Å². The number of carbonyl (C=O) groups is 1. The Balaban J connectivity index is 1.52. The standard InChI is InChI=1S/C23H27N3O5S/c1-25(18-10-6-3-7-11-18)22(27)16-26-20-13-12-19(14-21(20)31-23(26)28)32(29,30)24-15-17-8-4-2-5-9-17/h2,4-5,8-9,12-14,18,24H,3,6-7,10-11,15-16H2,1H3. The number of nitrogens with one attached hydrogen (secondary N) is 1. The Morgan fingerprint density at radius 1 is 1.12 bits per heavy atom. The zero-order valence-corrected chi connectivity index (χ0v) is 18.8. The van der Waals surface area contributed by atoms with Gasteiger partial charge in [-0.15, -0.1) is 0 Å². The van der Waals surface area contributed by atoms with Gasteiger partial charge in [0.25, 0.3) is 0 Å². The fraction of sp³-hybridized carbons (Fsp3) is 0.391. The summed E-state index contributed by atoms with van der Waals surface area (Å²) < 4.78 is 34.4. The molecule has 0 aliphatic heterocycles. The Morgan fingerprint density at radius 2 is 1.84 bits per heavy atom. The van der Waals surface area contributed by atoms with Crippen molar-refractivity contribution in [2.45, 2.75) is 56.1 Å². The van der Waals surface area contributed by atoms with Gasteiger partial charge in [0, 0.05) is 25.7 Å². The first kappa shape index (κ1) is 22.3. The van der Waals surface area contributed by atoms with Crippen LogP contribution in [0.5, 0.6) is 0 Å². The zero-order chi connectivity index (χ0) is 22.7. The van der Waals surface area contributed by atoms with E-state index in [1.165, 1.54) is 29.2 Å². The summed E-state index contributed by atoms with van der Waals surface area (Å²) in [7, 11) is -2.03. The lowest BCUT2D eigenvalue weighted by atomic mass is 9.94. The first-order valence-electron chi connectivity index (χ1n) is 10.8. The molecule has 0 unspecified atom stereocenters. The average molecular weight is 458 g/mol.